The number of halogens is 1. The minimum Gasteiger partial charge on any atom is -0.448 e. The van der Waals surface area contributed by atoms with Crippen LogP contribution in [-0.2, 0) is 4.74 Å². The molecule has 4 rings (SSSR count). The molecule has 0 spiro atoms. The van der Waals surface area contributed by atoms with Crippen molar-refractivity contribution in [3.63, 3.8) is 0 Å². The van der Waals surface area contributed by atoms with E-state index in [4.69, 9.17) is 16.3 Å². The summed E-state index contributed by atoms with van der Waals surface area (Å²) in [6, 6.07) is 14.7. The van der Waals surface area contributed by atoms with Gasteiger partial charge in [0.1, 0.15) is 6.61 Å². The minimum atomic E-state index is -0.460. The molecule has 0 aliphatic carbocycles. The molecule has 1 aromatic heterocycles. The molecule has 1 saturated heterocycles. The van der Waals surface area contributed by atoms with Gasteiger partial charge in [-0.15, -0.1) is 0 Å². The van der Waals surface area contributed by atoms with Gasteiger partial charge in [0, 0.05) is 45.8 Å². The molecule has 1 aliphatic heterocycles. The van der Waals surface area contributed by atoms with E-state index >= 15 is 0 Å². The van der Waals surface area contributed by atoms with Gasteiger partial charge >= 0.3 is 6.09 Å². The zero-order chi connectivity index (χ0) is 20.9. The van der Waals surface area contributed by atoms with E-state index in [2.05, 4.69) is 15.2 Å². The summed E-state index contributed by atoms with van der Waals surface area (Å²) in [4.78, 5) is 30.0. The topological polar surface area (TPSA) is 74.4 Å². The first-order valence-electron chi connectivity index (χ1n) is 10.1. The number of nitrogens with one attached hydrogen (secondary N) is 2. The lowest BCUT2D eigenvalue weighted by Gasteiger charge is -2.31. The normalized spacial score (nSPS) is 15.2. The van der Waals surface area contributed by atoms with E-state index in [9.17, 15) is 9.59 Å². The van der Waals surface area contributed by atoms with Crippen molar-refractivity contribution in [2.75, 3.05) is 31.6 Å². The van der Waals surface area contributed by atoms with Crippen molar-refractivity contribution in [2.45, 2.75) is 12.8 Å². The maximum absolute atomic E-state index is 12.6. The van der Waals surface area contributed by atoms with Crippen LogP contribution in [-0.4, -0.2) is 48.0 Å². The summed E-state index contributed by atoms with van der Waals surface area (Å²) < 4.78 is 5.32. The summed E-state index contributed by atoms with van der Waals surface area (Å²) in [6.45, 7) is 2.61. The second-order valence-corrected chi connectivity index (χ2v) is 7.96. The van der Waals surface area contributed by atoms with Crippen LogP contribution in [0.4, 0.5) is 10.5 Å². The molecule has 3 aromatic rings. The number of Topliss-reactive ketones (excluding diaryl/α,β-unsaturated/α-hetero) is 1. The van der Waals surface area contributed by atoms with Crippen LogP contribution in [0.25, 0.3) is 10.9 Å². The molecule has 1 aliphatic rings. The van der Waals surface area contributed by atoms with Gasteiger partial charge in [0.25, 0.3) is 0 Å². The zero-order valence-corrected chi connectivity index (χ0v) is 17.3. The molecule has 0 saturated carbocycles. The zero-order valence-electron chi connectivity index (χ0n) is 16.6. The number of aromatic amines is 1. The third kappa shape index (κ3) is 5.01. The monoisotopic (exact) mass is 425 g/mol. The van der Waals surface area contributed by atoms with Crippen molar-refractivity contribution in [2.24, 2.45) is 5.92 Å². The number of aromatic nitrogens is 1. The molecule has 1 amide bonds. The van der Waals surface area contributed by atoms with Gasteiger partial charge in [0.15, 0.2) is 5.78 Å². The van der Waals surface area contributed by atoms with Crippen molar-refractivity contribution in [3.05, 3.63) is 65.3 Å². The number of hydrogen-bond acceptors (Lipinski definition) is 4. The van der Waals surface area contributed by atoms with E-state index in [-0.39, 0.29) is 11.7 Å². The maximum atomic E-state index is 12.6. The number of ketones is 1. The predicted molar refractivity (Wildman–Crippen MR) is 118 cm³/mol. The second kappa shape index (κ2) is 9.32. The summed E-state index contributed by atoms with van der Waals surface area (Å²) >= 11 is 5.90. The Labute approximate surface area is 180 Å². The van der Waals surface area contributed by atoms with Crippen molar-refractivity contribution >= 4 is 40.1 Å². The lowest BCUT2D eigenvalue weighted by atomic mass is 9.89. The van der Waals surface area contributed by atoms with Crippen LogP contribution in [0.5, 0.6) is 0 Å². The Morgan fingerprint density at radius 3 is 2.63 bits per heavy atom. The molecule has 2 aromatic carbocycles. The number of amides is 1. The molecular formula is C23H24ClN3O3. The molecule has 7 heteroatoms. The summed E-state index contributed by atoms with van der Waals surface area (Å²) in [5.41, 5.74) is 2.44. The molecular weight excluding hydrogens is 402 g/mol. The fraction of sp³-hybridized carbons (Fsp3) is 0.304. The van der Waals surface area contributed by atoms with Crippen LogP contribution >= 0.6 is 11.6 Å². The first-order chi connectivity index (χ1) is 14.6. The van der Waals surface area contributed by atoms with Gasteiger partial charge in [-0.3, -0.25) is 15.0 Å². The smallest absolute Gasteiger partial charge is 0.411 e. The first-order valence-corrected chi connectivity index (χ1v) is 10.5. The van der Waals surface area contributed by atoms with Gasteiger partial charge in [-0.05, 0) is 74.5 Å². The Balaban J connectivity index is 1.18. The van der Waals surface area contributed by atoms with Crippen LogP contribution in [0.1, 0.15) is 23.2 Å². The molecule has 1 fully saturated rings. The van der Waals surface area contributed by atoms with E-state index in [1.54, 1.807) is 24.3 Å². The molecule has 0 radical (unpaired) electrons. The van der Waals surface area contributed by atoms with Crippen LogP contribution in [0.2, 0.25) is 5.02 Å². The molecule has 0 bridgehead atoms. The summed E-state index contributed by atoms with van der Waals surface area (Å²) in [7, 11) is 0. The Morgan fingerprint density at radius 1 is 1.10 bits per heavy atom. The Kier molecular flexibility index (Phi) is 6.35. The number of likely N-dealkylation sites (tertiary alicyclic amines) is 1. The molecule has 6 nitrogen and oxygen atoms in total. The quantitative estimate of drug-likeness (QED) is 0.547. The van der Waals surface area contributed by atoms with E-state index < -0.39 is 6.09 Å². The number of benzene rings is 2. The van der Waals surface area contributed by atoms with E-state index in [0.29, 0.717) is 23.9 Å². The van der Waals surface area contributed by atoms with Gasteiger partial charge in [0.2, 0.25) is 0 Å². The third-order valence-corrected chi connectivity index (χ3v) is 5.78. The highest BCUT2D eigenvalue weighted by Crippen LogP contribution is 2.23. The molecule has 156 valence electrons. The van der Waals surface area contributed by atoms with Crippen LogP contribution in [0, 0.1) is 5.92 Å². The number of fused-ring (bicyclic) bond motifs is 1. The van der Waals surface area contributed by atoms with Crippen molar-refractivity contribution < 1.29 is 14.3 Å². The number of H-pyrrole nitrogens is 1. The number of anilines is 1. The number of nitrogens with zero attached hydrogens (tertiary/aromatic N) is 1. The maximum Gasteiger partial charge on any atom is 0.411 e. The van der Waals surface area contributed by atoms with Gasteiger partial charge < -0.3 is 9.72 Å². The van der Waals surface area contributed by atoms with Gasteiger partial charge in [-0.25, -0.2) is 4.79 Å². The van der Waals surface area contributed by atoms with Gasteiger partial charge in [-0.2, -0.15) is 0 Å². The van der Waals surface area contributed by atoms with Gasteiger partial charge in [0.05, 0.1) is 0 Å². The third-order valence-electron chi connectivity index (χ3n) is 5.53. The average molecular weight is 426 g/mol. The number of piperidine rings is 1. The highest BCUT2D eigenvalue weighted by molar-refractivity contribution is 6.30. The van der Waals surface area contributed by atoms with E-state index in [0.717, 1.165) is 42.4 Å². The van der Waals surface area contributed by atoms with Crippen molar-refractivity contribution in [1.29, 1.82) is 0 Å². The Hall–Kier alpha value is -2.83. The molecule has 2 heterocycles. The molecule has 30 heavy (non-hydrogen) atoms. The second-order valence-electron chi connectivity index (χ2n) is 7.53. The van der Waals surface area contributed by atoms with Crippen molar-refractivity contribution in [3.8, 4) is 0 Å². The predicted octanol–water partition coefficient (Wildman–Crippen LogP) is 4.96. The lowest BCUT2D eigenvalue weighted by molar-refractivity contribution is 0.0813. The fourth-order valence-corrected chi connectivity index (χ4v) is 3.95. The standard InChI is InChI=1S/C23H24ClN3O3/c24-19-3-1-16(2-4-19)22(28)17-8-11-27(12-9-17)13-14-30-23(29)26-20-5-6-21-18(15-20)7-10-25-21/h1-7,10,15,17,25H,8-9,11-14H2,(H,26,29). The highest BCUT2D eigenvalue weighted by atomic mass is 35.5. The Bertz CT molecular complexity index is 1020. The minimum absolute atomic E-state index is 0.0370. The van der Waals surface area contributed by atoms with Gasteiger partial charge in [-0.1, -0.05) is 11.6 Å². The summed E-state index contributed by atoms with van der Waals surface area (Å²) in [6.07, 6.45) is 3.02. The highest BCUT2D eigenvalue weighted by Gasteiger charge is 2.25. The van der Waals surface area contributed by atoms with Crippen LogP contribution in [0.3, 0.4) is 0 Å². The number of carbonyl (C=O) groups excluding carboxylic acids is 2. The van der Waals surface area contributed by atoms with Crippen LogP contribution < -0.4 is 5.32 Å². The molecule has 2 N–H and O–H groups in total. The first kappa shape index (κ1) is 20.4. The lowest BCUT2D eigenvalue weighted by Crippen LogP contribution is -2.38. The summed E-state index contributed by atoms with van der Waals surface area (Å²) in [5, 5.41) is 4.42. The fourth-order valence-electron chi connectivity index (χ4n) is 3.82. The molecule has 0 unspecified atom stereocenters. The SMILES string of the molecule is O=C(Nc1ccc2[nH]ccc2c1)OCCN1CCC(C(=O)c2ccc(Cl)cc2)CC1. The van der Waals surface area contributed by atoms with E-state index in [1.807, 2.05) is 30.5 Å². The molecule has 0 atom stereocenters. The van der Waals surface area contributed by atoms with E-state index in [1.165, 1.54) is 0 Å². The number of rotatable bonds is 6. The average Bonchev–Trinajstić information content (AvgIpc) is 3.22. The summed E-state index contributed by atoms with van der Waals surface area (Å²) in [5.74, 6) is 0.219. The van der Waals surface area contributed by atoms with Crippen LogP contribution in [0.15, 0.2) is 54.7 Å². The largest absolute Gasteiger partial charge is 0.448 e. The number of ether oxygens (including phenoxy) is 1. The van der Waals surface area contributed by atoms with Crippen molar-refractivity contribution in [1.82, 2.24) is 9.88 Å². The Morgan fingerprint density at radius 2 is 1.87 bits per heavy atom. The number of hydrogen-bond donors (Lipinski definition) is 2. The number of carbonyl (C=O) groups is 2.